The molecule has 2 heterocycles. The van der Waals surface area contributed by atoms with Crippen molar-refractivity contribution in [3.63, 3.8) is 0 Å². The first kappa shape index (κ1) is 20.2. The van der Waals surface area contributed by atoms with Crippen LogP contribution in [0.3, 0.4) is 0 Å². The zero-order valence-electron chi connectivity index (χ0n) is 16.5. The lowest BCUT2D eigenvalue weighted by atomic mass is 9.84. The van der Waals surface area contributed by atoms with E-state index in [1.807, 2.05) is 12.1 Å². The largest absolute Gasteiger partial charge is 0.467 e. The van der Waals surface area contributed by atoms with Gasteiger partial charge in [0.2, 0.25) is 5.91 Å². The van der Waals surface area contributed by atoms with Crippen LogP contribution >= 0.6 is 11.6 Å². The van der Waals surface area contributed by atoms with Crippen molar-refractivity contribution < 1.29 is 18.4 Å². The molecule has 0 saturated carbocycles. The van der Waals surface area contributed by atoms with E-state index in [0.29, 0.717) is 17.0 Å². The molecule has 2 amide bonds. The molecule has 1 aromatic heterocycles. The fraction of sp³-hybridized carbons (Fsp3) is 0.217. The molecule has 0 fully saturated rings. The highest BCUT2D eigenvalue weighted by Gasteiger charge is 2.51. The summed E-state index contributed by atoms with van der Waals surface area (Å²) in [5.74, 6) is -1.57. The average molecular weight is 427 g/mol. The Balaban J connectivity index is 1.72. The first-order valence-corrected chi connectivity index (χ1v) is 9.87. The van der Waals surface area contributed by atoms with Gasteiger partial charge >= 0.3 is 0 Å². The highest BCUT2D eigenvalue weighted by atomic mass is 35.5. The van der Waals surface area contributed by atoms with Crippen LogP contribution in [0.25, 0.3) is 0 Å². The van der Waals surface area contributed by atoms with Crippen molar-refractivity contribution in [2.24, 2.45) is 0 Å². The van der Waals surface area contributed by atoms with Crippen molar-refractivity contribution in [3.05, 3.63) is 88.6 Å². The van der Waals surface area contributed by atoms with Crippen LogP contribution in [-0.4, -0.2) is 17.4 Å². The van der Waals surface area contributed by atoms with Crippen LogP contribution in [0.15, 0.2) is 65.3 Å². The molecule has 7 heteroatoms. The molecule has 0 radical (unpaired) electrons. The van der Waals surface area contributed by atoms with Gasteiger partial charge in [-0.1, -0.05) is 35.9 Å². The minimum Gasteiger partial charge on any atom is -0.467 e. The lowest BCUT2D eigenvalue weighted by Gasteiger charge is -2.36. The third-order valence-corrected chi connectivity index (χ3v) is 5.75. The summed E-state index contributed by atoms with van der Waals surface area (Å²) in [5, 5.41) is 2.90. The molecule has 1 N–H and O–H groups in total. The van der Waals surface area contributed by atoms with E-state index in [2.05, 4.69) is 5.32 Å². The summed E-state index contributed by atoms with van der Waals surface area (Å²) in [5.41, 5.74) is 0.0866. The molecule has 0 saturated heterocycles. The van der Waals surface area contributed by atoms with Gasteiger partial charge in [0.15, 0.2) is 0 Å². The molecule has 1 unspecified atom stereocenters. The van der Waals surface area contributed by atoms with Crippen LogP contribution in [0, 0.1) is 5.82 Å². The van der Waals surface area contributed by atoms with Crippen LogP contribution in [0.5, 0.6) is 0 Å². The van der Waals surface area contributed by atoms with E-state index in [1.165, 1.54) is 29.4 Å². The number of carbonyl (C=O) groups excluding carboxylic acids is 2. The van der Waals surface area contributed by atoms with Gasteiger partial charge < -0.3 is 14.6 Å². The van der Waals surface area contributed by atoms with Gasteiger partial charge in [0.05, 0.1) is 34.9 Å². The van der Waals surface area contributed by atoms with E-state index in [9.17, 15) is 14.0 Å². The average Bonchev–Trinajstić information content (AvgIpc) is 3.28. The second kappa shape index (κ2) is 7.61. The molecule has 4 rings (SSSR count). The third-order valence-electron chi connectivity index (χ3n) is 5.43. The summed E-state index contributed by atoms with van der Waals surface area (Å²) >= 11 is 6.15. The number of carbonyl (C=O) groups is 2. The molecule has 1 aliphatic heterocycles. The molecule has 0 aliphatic carbocycles. The summed E-state index contributed by atoms with van der Waals surface area (Å²) in [6.07, 6.45) is 1.54. The summed E-state index contributed by atoms with van der Waals surface area (Å²) in [4.78, 5) is 28.1. The Hall–Kier alpha value is -3.12. The standard InChI is InChI=1S/C23H20ClFN2O3/c1-23(2)20(21(28)26-13-14-7-6-12-30-14)15-8-3-4-11-18(15)27(23)22(29)19-16(24)9-5-10-17(19)25/h3-12,20H,13H2,1-2H3,(H,26,28). The number of nitrogens with one attached hydrogen (secondary N) is 1. The van der Waals surface area contributed by atoms with E-state index in [0.717, 1.165) is 0 Å². The van der Waals surface area contributed by atoms with Crippen molar-refractivity contribution in [1.82, 2.24) is 5.32 Å². The first-order chi connectivity index (χ1) is 14.3. The maximum Gasteiger partial charge on any atom is 0.263 e. The molecule has 0 bridgehead atoms. The van der Waals surface area contributed by atoms with Crippen molar-refractivity contribution in [1.29, 1.82) is 0 Å². The van der Waals surface area contributed by atoms with E-state index >= 15 is 0 Å². The Kier molecular flexibility index (Phi) is 5.12. The number of halogens is 2. The maximum atomic E-state index is 14.5. The van der Waals surface area contributed by atoms with Crippen LogP contribution in [0.1, 0.15) is 41.4 Å². The first-order valence-electron chi connectivity index (χ1n) is 9.50. The van der Waals surface area contributed by atoms with Crippen molar-refractivity contribution in [2.75, 3.05) is 4.90 Å². The van der Waals surface area contributed by atoms with Gasteiger partial charge in [-0.2, -0.15) is 0 Å². The predicted molar refractivity (Wildman–Crippen MR) is 112 cm³/mol. The summed E-state index contributed by atoms with van der Waals surface area (Å²) < 4.78 is 19.8. The Morgan fingerprint density at radius 3 is 2.60 bits per heavy atom. The number of rotatable bonds is 4. The Morgan fingerprint density at radius 1 is 1.13 bits per heavy atom. The Morgan fingerprint density at radius 2 is 1.90 bits per heavy atom. The van der Waals surface area contributed by atoms with Gasteiger partial charge in [0.25, 0.3) is 5.91 Å². The van der Waals surface area contributed by atoms with Crippen LogP contribution in [0.4, 0.5) is 10.1 Å². The Bertz CT molecular complexity index is 1090. The SMILES string of the molecule is CC1(C)C(C(=O)NCc2ccco2)c2ccccc2N1C(=O)c1c(F)cccc1Cl. The summed E-state index contributed by atoms with van der Waals surface area (Å²) in [6, 6.07) is 14.8. The second-order valence-corrected chi connectivity index (χ2v) is 8.09. The number of fused-ring (bicyclic) bond motifs is 1. The molecular weight excluding hydrogens is 407 g/mol. The number of furan rings is 1. The number of nitrogens with zero attached hydrogens (tertiary/aromatic N) is 1. The quantitative estimate of drug-likeness (QED) is 0.644. The van der Waals surface area contributed by atoms with E-state index in [4.69, 9.17) is 16.0 Å². The fourth-order valence-electron chi connectivity index (χ4n) is 4.09. The van der Waals surface area contributed by atoms with E-state index in [-0.39, 0.29) is 23.0 Å². The van der Waals surface area contributed by atoms with Gasteiger partial charge in [-0.15, -0.1) is 0 Å². The van der Waals surface area contributed by atoms with Gasteiger partial charge in [-0.25, -0.2) is 4.39 Å². The Labute approximate surface area is 178 Å². The zero-order valence-corrected chi connectivity index (χ0v) is 17.2. The van der Waals surface area contributed by atoms with Crippen molar-refractivity contribution in [2.45, 2.75) is 31.8 Å². The monoisotopic (exact) mass is 426 g/mol. The normalized spacial score (nSPS) is 16.9. The van der Waals surface area contributed by atoms with Crippen LogP contribution in [0.2, 0.25) is 5.02 Å². The third kappa shape index (κ3) is 3.27. The minimum absolute atomic E-state index is 0.0269. The van der Waals surface area contributed by atoms with Gasteiger partial charge in [-0.3, -0.25) is 9.59 Å². The molecule has 3 aromatic rings. The molecule has 5 nitrogen and oxygen atoms in total. The lowest BCUT2D eigenvalue weighted by Crippen LogP contribution is -2.51. The molecular formula is C23H20ClFN2O3. The topological polar surface area (TPSA) is 62.6 Å². The molecule has 1 atom stereocenters. The molecule has 2 aromatic carbocycles. The van der Waals surface area contributed by atoms with Crippen molar-refractivity contribution in [3.8, 4) is 0 Å². The fourth-order valence-corrected chi connectivity index (χ4v) is 4.34. The maximum absolute atomic E-state index is 14.5. The highest BCUT2D eigenvalue weighted by Crippen LogP contribution is 2.48. The molecule has 1 aliphatic rings. The second-order valence-electron chi connectivity index (χ2n) is 7.68. The molecule has 154 valence electrons. The molecule has 0 spiro atoms. The van der Waals surface area contributed by atoms with Gasteiger partial charge in [0, 0.05) is 5.69 Å². The summed E-state index contributed by atoms with van der Waals surface area (Å²) in [6.45, 7) is 3.81. The number of amides is 2. The lowest BCUT2D eigenvalue weighted by molar-refractivity contribution is -0.123. The van der Waals surface area contributed by atoms with Gasteiger partial charge in [0.1, 0.15) is 11.6 Å². The van der Waals surface area contributed by atoms with E-state index in [1.54, 1.807) is 38.1 Å². The molecule has 30 heavy (non-hydrogen) atoms. The van der Waals surface area contributed by atoms with Gasteiger partial charge in [-0.05, 0) is 49.7 Å². The number of hydrogen-bond donors (Lipinski definition) is 1. The number of benzene rings is 2. The highest BCUT2D eigenvalue weighted by molar-refractivity contribution is 6.34. The number of para-hydroxylation sites is 1. The van der Waals surface area contributed by atoms with Crippen LogP contribution < -0.4 is 10.2 Å². The minimum atomic E-state index is -0.959. The smallest absolute Gasteiger partial charge is 0.263 e. The predicted octanol–water partition coefficient (Wildman–Crippen LogP) is 4.91. The van der Waals surface area contributed by atoms with Crippen LogP contribution in [-0.2, 0) is 11.3 Å². The van der Waals surface area contributed by atoms with Crippen molar-refractivity contribution >= 4 is 29.1 Å². The van der Waals surface area contributed by atoms with E-state index < -0.39 is 23.2 Å². The zero-order chi connectivity index (χ0) is 21.5. The number of anilines is 1. The number of hydrogen-bond acceptors (Lipinski definition) is 3. The summed E-state index contributed by atoms with van der Waals surface area (Å²) in [7, 11) is 0.